The first-order valence-electron chi connectivity index (χ1n) is 6.59. The average Bonchev–Trinajstić information content (AvgIpc) is 2.50. The maximum Gasteiger partial charge on any atom is 0.121 e. The van der Waals surface area contributed by atoms with Gasteiger partial charge in [0.05, 0.1) is 21.5 Å². The SMILES string of the molecule is O=S1CC(c2ccc(Cl)cc2Cl)=C(O)C=C1c1ccccc1. The number of aliphatic hydroxyl groups is 1. The highest BCUT2D eigenvalue weighted by Gasteiger charge is 2.23. The van der Waals surface area contributed by atoms with Gasteiger partial charge in [-0.1, -0.05) is 59.6 Å². The Bertz CT molecular complexity index is 811. The molecule has 0 bridgehead atoms. The Morgan fingerprint density at radius 2 is 1.77 bits per heavy atom. The molecule has 0 saturated carbocycles. The van der Waals surface area contributed by atoms with Crippen LogP contribution in [0.5, 0.6) is 0 Å². The van der Waals surface area contributed by atoms with Crippen LogP contribution in [0.15, 0.2) is 60.4 Å². The predicted octanol–water partition coefficient (Wildman–Crippen LogP) is 5.07. The summed E-state index contributed by atoms with van der Waals surface area (Å²) in [6.45, 7) is 0. The lowest BCUT2D eigenvalue weighted by molar-refractivity contribution is 0.435. The van der Waals surface area contributed by atoms with Crippen LogP contribution in [0.3, 0.4) is 0 Å². The Hall–Kier alpha value is -1.55. The fraction of sp³-hybridized carbons (Fsp3) is 0.0588. The van der Waals surface area contributed by atoms with E-state index < -0.39 is 10.8 Å². The first kappa shape index (κ1) is 15.3. The molecular formula is C17H12Cl2O2S. The Kier molecular flexibility index (Phi) is 4.39. The van der Waals surface area contributed by atoms with Crippen molar-refractivity contribution in [3.05, 3.63) is 81.5 Å². The van der Waals surface area contributed by atoms with Gasteiger partial charge in [-0.15, -0.1) is 0 Å². The van der Waals surface area contributed by atoms with Crippen LogP contribution in [-0.2, 0) is 10.8 Å². The van der Waals surface area contributed by atoms with Crippen LogP contribution in [0.25, 0.3) is 10.5 Å². The number of aliphatic hydroxyl groups excluding tert-OH is 1. The van der Waals surface area contributed by atoms with Gasteiger partial charge in [0.2, 0.25) is 0 Å². The number of benzene rings is 2. The maximum atomic E-state index is 12.5. The van der Waals surface area contributed by atoms with E-state index in [2.05, 4.69) is 0 Å². The molecule has 1 aliphatic rings. The zero-order chi connectivity index (χ0) is 15.7. The van der Waals surface area contributed by atoms with Crippen molar-refractivity contribution in [2.75, 3.05) is 5.75 Å². The average molecular weight is 351 g/mol. The molecule has 2 aromatic carbocycles. The van der Waals surface area contributed by atoms with Gasteiger partial charge in [-0.2, -0.15) is 0 Å². The van der Waals surface area contributed by atoms with E-state index in [0.717, 1.165) is 5.56 Å². The maximum absolute atomic E-state index is 12.5. The van der Waals surface area contributed by atoms with E-state index in [-0.39, 0.29) is 11.5 Å². The summed E-state index contributed by atoms with van der Waals surface area (Å²) < 4.78 is 12.5. The van der Waals surface area contributed by atoms with Crippen LogP contribution in [0.4, 0.5) is 0 Å². The third kappa shape index (κ3) is 2.98. The summed E-state index contributed by atoms with van der Waals surface area (Å²) in [7, 11) is -1.24. The highest BCUT2D eigenvalue weighted by Crippen LogP contribution is 2.35. The van der Waals surface area contributed by atoms with Gasteiger partial charge in [-0.3, -0.25) is 4.21 Å². The van der Waals surface area contributed by atoms with Crippen LogP contribution in [0, 0.1) is 0 Å². The molecule has 0 saturated heterocycles. The Balaban J connectivity index is 2.08. The van der Waals surface area contributed by atoms with Crippen molar-refractivity contribution in [1.29, 1.82) is 0 Å². The molecule has 1 aliphatic heterocycles. The van der Waals surface area contributed by atoms with Gasteiger partial charge in [0, 0.05) is 21.2 Å². The number of allylic oxidation sites excluding steroid dienone is 1. The second-order valence-electron chi connectivity index (χ2n) is 4.85. The summed E-state index contributed by atoms with van der Waals surface area (Å²) in [5, 5.41) is 11.3. The van der Waals surface area contributed by atoms with Crippen molar-refractivity contribution >= 4 is 44.5 Å². The lowest BCUT2D eigenvalue weighted by Crippen LogP contribution is -2.10. The molecule has 0 fully saturated rings. The van der Waals surface area contributed by atoms with Crippen LogP contribution < -0.4 is 0 Å². The van der Waals surface area contributed by atoms with Crippen molar-refractivity contribution in [3.8, 4) is 0 Å². The zero-order valence-electron chi connectivity index (χ0n) is 11.4. The molecule has 0 aliphatic carbocycles. The second kappa shape index (κ2) is 6.29. The van der Waals surface area contributed by atoms with Gasteiger partial charge in [-0.05, 0) is 23.8 Å². The lowest BCUT2D eigenvalue weighted by atomic mass is 10.0. The van der Waals surface area contributed by atoms with Crippen LogP contribution in [0.2, 0.25) is 10.0 Å². The topological polar surface area (TPSA) is 37.3 Å². The smallest absolute Gasteiger partial charge is 0.121 e. The Morgan fingerprint density at radius 1 is 1.05 bits per heavy atom. The normalized spacial score (nSPS) is 18.3. The quantitative estimate of drug-likeness (QED) is 0.821. The fourth-order valence-electron chi connectivity index (χ4n) is 2.33. The van der Waals surface area contributed by atoms with Gasteiger partial charge >= 0.3 is 0 Å². The molecule has 1 heterocycles. The van der Waals surface area contributed by atoms with Crippen molar-refractivity contribution in [3.63, 3.8) is 0 Å². The van der Waals surface area contributed by atoms with E-state index in [4.69, 9.17) is 23.2 Å². The monoisotopic (exact) mass is 350 g/mol. The third-order valence-electron chi connectivity index (χ3n) is 3.41. The molecule has 112 valence electrons. The molecule has 0 amide bonds. The van der Waals surface area contributed by atoms with E-state index in [1.807, 2.05) is 30.3 Å². The highest BCUT2D eigenvalue weighted by atomic mass is 35.5. The zero-order valence-corrected chi connectivity index (χ0v) is 13.8. The minimum atomic E-state index is -1.24. The number of hydrogen-bond donors (Lipinski definition) is 1. The predicted molar refractivity (Wildman–Crippen MR) is 93.4 cm³/mol. The van der Waals surface area contributed by atoms with Gasteiger partial charge < -0.3 is 5.11 Å². The summed E-state index contributed by atoms with van der Waals surface area (Å²) in [6, 6.07) is 14.4. The molecule has 0 radical (unpaired) electrons. The van der Waals surface area contributed by atoms with E-state index in [0.29, 0.717) is 26.1 Å². The molecule has 1 N–H and O–H groups in total. The van der Waals surface area contributed by atoms with Gasteiger partial charge in [-0.25, -0.2) is 0 Å². The Morgan fingerprint density at radius 3 is 2.45 bits per heavy atom. The molecule has 5 heteroatoms. The van der Waals surface area contributed by atoms with E-state index >= 15 is 0 Å². The molecule has 0 spiro atoms. The fourth-order valence-corrected chi connectivity index (χ4v) is 4.21. The minimum Gasteiger partial charge on any atom is -0.508 e. The summed E-state index contributed by atoms with van der Waals surface area (Å²) in [5.74, 6) is 0.302. The van der Waals surface area contributed by atoms with Crippen LogP contribution in [-0.4, -0.2) is 15.1 Å². The van der Waals surface area contributed by atoms with Crippen molar-refractivity contribution in [2.45, 2.75) is 0 Å². The van der Waals surface area contributed by atoms with Crippen molar-refractivity contribution < 1.29 is 9.32 Å². The summed E-state index contributed by atoms with van der Waals surface area (Å²) in [5.41, 5.74) is 2.06. The van der Waals surface area contributed by atoms with Crippen molar-refractivity contribution in [1.82, 2.24) is 0 Å². The molecule has 3 rings (SSSR count). The molecule has 0 aromatic heterocycles. The molecule has 1 unspecified atom stereocenters. The lowest BCUT2D eigenvalue weighted by Gasteiger charge is -2.18. The van der Waals surface area contributed by atoms with Gasteiger partial charge in [0.15, 0.2) is 0 Å². The van der Waals surface area contributed by atoms with Crippen LogP contribution in [0.1, 0.15) is 11.1 Å². The molecule has 2 nitrogen and oxygen atoms in total. The standard InChI is InChI=1S/C17H12Cl2O2S/c18-12-6-7-13(15(19)8-12)14-10-22(21)17(9-16(14)20)11-4-2-1-3-5-11/h1-9,20H,10H2. The Labute approximate surface area is 141 Å². The molecular weight excluding hydrogens is 339 g/mol. The van der Waals surface area contributed by atoms with E-state index in [9.17, 15) is 9.32 Å². The summed E-state index contributed by atoms with van der Waals surface area (Å²) in [6.07, 6.45) is 1.55. The minimum absolute atomic E-state index is 0.0858. The van der Waals surface area contributed by atoms with E-state index in [1.165, 1.54) is 0 Å². The first-order valence-corrected chi connectivity index (χ1v) is 8.67. The number of halogens is 2. The van der Waals surface area contributed by atoms with Gasteiger partial charge in [0.25, 0.3) is 0 Å². The number of rotatable bonds is 2. The van der Waals surface area contributed by atoms with Gasteiger partial charge in [0.1, 0.15) is 5.76 Å². The van der Waals surface area contributed by atoms with Crippen molar-refractivity contribution in [2.24, 2.45) is 0 Å². The molecule has 2 aromatic rings. The van der Waals surface area contributed by atoms with Crippen LogP contribution >= 0.6 is 23.2 Å². The second-order valence-corrected chi connectivity index (χ2v) is 7.12. The third-order valence-corrected chi connectivity index (χ3v) is 5.36. The number of hydrogen-bond acceptors (Lipinski definition) is 2. The summed E-state index contributed by atoms with van der Waals surface area (Å²) in [4.78, 5) is 0.618. The molecule has 1 atom stereocenters. The molecule has 22 heavy (non-hydrogen) atoms. The van der Waals surface area contributed by atoms with E-state index in [1.54, 1.807) is 24.3 Å². The largest absolute Gasteiger partial charge is 0.508 e. The highest BCUT2D eigenvalue weighted by molar-refractivity contribution is 7.95. The summed E-state index contributed by atoms with van der Waals surface area (Å²) >= 11 is 12.1. The first-order chi connectivity index (χ1) is 10.6.